The Bertz CT molecular complexity index is 483. The molecule has 0 spiro atoms. The van der Waals surface area contributed by atoms with E-state index < -0.39 is 0 Å². The SMILES string of the molecule is c1c[nH]c(-c2ccoc2-c2ccc[nH]2)c1. The van der Waals surface area contributed by atoms with Gasteiger partial charge in [-0.05, 0) is 30.3 Å². The first-order chi connectivity index (χ1) is 7.45. The van der Waals surface area contributed by atoms with E-state index in [0.717, 1.165) is 22.7 Å². The van der Waals surface area contributed by atoms with E-state index in [2.05, 4.69) is 9.97 Å². The molecule has 0 fully saturated rings. The maximum atomic E-state index is 5.48. The van der Waals surface area contributed by atoms with Gasteiger partial charge >= 0.3 is 0 Å². The van der Waals surface area contributed by atoms with Crippen LogP contribution in [0.5, 0.6) is 0 Å². The van der Waals surface area contributed by atoms with Crippen molar-refractivity contribution in [1.29, 1.82) is 0 Å². The monoisotopic (exact) mass is 198 g/mol. The molecule has 0 bridgehead atoms. The number of aromatic amines is 2. The maximum Gasteiger partial charge on any atom is 0.159 e. The molecule has 3 heteroatoms. The van der Waals surface area contributed by atoms with Crippen LogP contribution in [0.3, 0.4) is 0 Å². The Morgan fingerprint density at radius 3 is 2.27 bits per heavy atom. The smallest absolute Gasteiger partial charge is 0.159 e. The van der Waals surface area contributed by atoms with Crippen LogP contribution in [0, 0.1) is 0 Å². The lowest BCUT2D eigenvalue weighted by molar-refractivity contribution is 0.581. The third-order valence-electron chi connectivity index (χ3n) is 2.40. The third-order valence-corrected chi connectivity index (χ3v) is 2.40. The van der Waals surface area contributed by atoms with Crippen molar-refractivity contribution in [2.24, 2.45) is 0 Å². The molecule has 0 saturated carbocycles. The Morgan fingerprint density at radius 1 is 0.867 bits per heavy atom. The molecule has 3 aromatic heterocycles. The number of hydrogen-bond acceptors (Lipinski definition) is 1. The first kappa shape index (κ1) is 8.17. The molecule has 0 aliphatic carbocycles. The quantitative estimate of drug-likeness (QED) is 0.652. The summed E-state index contributed by atoms with van der Waals surface area (Å²) in [6.07, 6.45) is 5.49. The molecule has 0 radical (unpaired) electrons. The molecule has 74 valence electrons. The van der Waals surface area contributed by atoms with Crippen LogP contribution < -0.4 is 0 Å². The molecule has 3 aromatic rings. The minimum absolute atomic E-state index is 0.863. The largest absolute Gasteiger partial charge is 0.462 e. The predicted octanol–water partition coefficient (Wildman–Crippen LogP) is 3.27. The lowest BCUT2D eigenvalue weighted by Gasteiger charge is -1.97. The highest BCUT2D eigenvalue weighted by Crippen LogP contribution is 2.30. The molecule has 3 rings (SSSR count). The van der Waals surface area contributed by atoms with E-state index in [1.807, 2.05) is 42.7 Å². The molecule has 2 N–H and O–H groups in total. The summed E-state index contributed by atoms with van der Waals surface area (Å²) in [5.74, 6) is 0.863. The van der Waals surface area contributed by atoms with Crippen molar-refractivity contribution in [3.63, 3.8) is 0 Å². The summed E-state index contributed by atoms with van der Waals surface area (Å²) in [6.45, 7) is 0. The van der Waals surface area contributed by atoms with Crippen molar-refractivity contribution in [2.75, 3.05) is 0 Å². The van der Waals surface area contributed by atoms with Crippen LogP contribution in [0.15, 0.2) is 53.4 Å². The highest BCUT2D eigenvalue weighted by molar-refractivity contribution is 5.76. The Morgan fingerprint density at radius 2 is 1.60 bits per heavy atom. The van der Waals surface area contributed by atoms with Gasteiger partial charge in [0, 0.05) is 23.7 Å². The molecule has 0 amide bonds. The van der Waals surface area contributed by atoms with Gasteiger partial charge in [-0.25, -0.2) is 0 Å². The van der Waals surface area contributed by atoms with Gasteiger partial charge in [0.15, 0.2) is 5.76 Å². The maximum absolute atomic E-state index is 5.48. The molecule has 3 heterocycles. The number of nitrogens with one attached hydrogen (secondary N) is 2. The summed E-state index contributed by atoms with van der Waals surface area (Å²) in [7, 11) is 0. The summed E-state index contributed by atoms with van der Waals surface area (Å²) in [5.41, 5.74) is 3.13. The van der Waals surface area contributed by atoms with Gasteiger partial charge in [0.2, 0.25) is 0 Å². The van der Waals surface area contributed by atoms with E-state index in [1.54, 1.807) is 6.26 Å². The Kier molecular flexibility index (Phi) is 1.75. The van der Waals surface area contributed by atoms with Crippen molar-refractivity contribution in [3.8, 4) is 22.7 Å². The number of H-pyrrole nitrogens is 2. The van der Waals surface area contributed by atoms with Gasteiger partial charge in [-0.1, -0.05) is 0 Å². The molecule has 0 aliphatic heterocycles. The van der Waals surface area contributed by atoms with Crippen molar-refractivity contribution < 1.29 is 4.42 Å². The average Bonchev–Trinajstić information content (AvgIpc) is 3.01. The van der Waals surface area contributed by atoms with Crippen LogP contribution in [0.2, 0.25) is 0 Å². The van der Waals surface area contributed by atoms with Crippen molar-refractivity contribution >= 4 is 0 Å². The van der Waals surface area contributed by atoms with Gasteiger partial charge in [-0.2, -0.15) is 0 Å². The van der Waals surface area contributed by atoms with Gasteiger partial charge in [0.05, 0.1) is 12.0 Å². The fourth-order valence-electron chi connectivity index (χ4n) is 1.70. The fourth-order valence-corrected chi connectivity index (χ4v) is 1.70. The minimum atomic E-state index is 0.863. The highest BCUT2D eigenvalue weighted by Gasteiger charge is 2.11. The van der Waals surface area contributed by atoms with Crippen LogP contribution >= 0.6 is 0 Å². The number of hydrogen-bond donors (Lipinski definition) is 2. The first-order valence-electron chi connectivity index (χ1n) is 4.80. The van der Waals surface area contributed by atoms with E-state index in [-0.39, 0.29) is 0 Å². The first-order valence-corrected chi connectivity index (χ1v) is 4.80. The molecule has 0 atom stereocenters. The van der Waals surface area contributed by atoms with E-state index in [0.29, 0.717) is 0 Å². The number of furan rings is 1. The summed E-state index contributed by atoms with van der Waals surface area (Å²) >= 11 is 0. The standard InChI is InChI=1S/C12H10N2O/c1-3-10(13-6-1)9-5-8-15-12(9)11-4-2-7-14-11/h1-8,13-14H. The van der Waals surface area contributed by atoms with E-state index in [4.69, 9.17) is 4.42 Å². The lowest BCUT2D eigenvalue weighted by Crippen LogP contribution is -1.79. The Hall–Kier alpha value is -2.16. The van der Waals surface area contributed by atoms with Gasteiger partial charge < -0.3 is 14.4 Å². The van der Waals surface area contributed by atoms with Crippen LogP contribution in [0.4, 0.5) is 0 Å². The number of rotatable bonds is 2. The molecular weight excluding hydrogens is 188 g/mol. The molecule has 15 heavy (non-hydrogen) atoms. The van der Waals surface area contributed by atoms with Gasteiger partial charge in [0.25, 0.3) is 0 Å². The Balaban J connectivity index is 2.15. The summed E-state index contributed by atoms with van der Waals surface area (Å²) in [5, 5.41) is 0. The van der Waals surface area contributed by atoms with Crippen LogP contribution in [0.25, 0.3) is 22.7 Å². The lowest BCUT2D eigenvalue weighted by atomic mass is 10.1. The minimum Gasteiger partial charge on any atom is -0.462 e. The van der Waals surface area contributed by atoms with Crippen molar-refractivity contribution in [1.82, 2.24) is 9.97 Å². The summed E-state index contributed by atoms with van der Waals surface area (Å²) in [6, 6.07) is 9.90. The van der Waals surface area contributed by atoms with Crippen molar-refractivity contribution in [3.05, 3.63) is 49.0 Å². The van der Waals surface area contributed by atoms with Gasteiger partial charge in [-0.15, -0.1) is 0 Å². The van der Waals surface area contributed by atoms with Crippen molar-refractivity contribution in [2.45, 2.75) is 0 Å². The van der Waals surface area contributed by atoms with Gasteiger partial charge in [0.1, 0.15) is 0 Å². The van der Waals surface area contributed by atoms with Crippen LogP contribution in [0.1, 0.15) is 0 Å². The summed E-state index contributed by atoms with van der Waals surface area (Å²) in [4.78, 5) is 6.30. The van der Waals surface area contributed by atoms with E-state index in [9.17, 15) is 0 Å². The fraction of sp³-hybridized carbons (Fsp3) is 0. The zero-order valence-corrected chi connectivity index (χ0v) is 8.03. The average molecular weight is 198 g/mol. The normalized spacial score (nSPS) is 10.7. The molecule has 0 saturated heterocycles. The topological polar surface area (TPSA) is 44.7 Å². The van der Waals surface area contributed by atoms with E-state index in [1.165, 1.54) is 0 Å². The number of aromatic nitrogens is 2. The van der Waals surface area contributed by atoms with Crippen LogP contribution in [-0.4, -0.2) is 9.97 Å². The van der Waals surface area contributed by atoms with E-state index >= 15 is 0 Å². The molecule has 3 nitrogen and oxygen atoms in total. The zero-order chi connectivity index (χ0) is 10.1. The Labute approximate surface area is 86.8 Å². The third kappa shape index (κ3) is 1.29. The zero-order valence-electron chi connectivity index (χ0n) is 8.03. The van der Waals surface area contributed by atoms with Crippen LogP contribution in [-0.2, 0) is 0 Å². The van der Waals surface area contributed by atoms with Gasteiger partial charge in [-0.3, -0.25) is 0 Å². The second-order valence-corrected chi connectivity index (χ2v) is 3.33. The second kappa shape index (κ2) is 3.20. The predicted molar refractivity (Wildman–Crippen MR) is 58.3 cm³/mol. The summed E-state index contributed by atoms with van der Waals surface area (Å²) < 4.78 is 5.48. The molecule has 0 unspecified atom stereocenters. The second-order valence-electron chi connectivity index (χ2n) is 3.33. The molecule has 0 aromatic carbocycles. The molecular formula is C12H10N2O. The highest BCUT2D eigenvalue weighted by atomic mass is 16.3. The molecule has 0 aliphatic rings.